The van der Waals surface area contributed by atoms with Crippen LogP contribution in [-0.4, -0.2) is 48.6 Å². The highest BCUT2D eigenvalue weighted by atomic mass is 15.3. The summed E-state index contributed by atoms with van der Waals surface area (Å²) in [5.41, 5.74) is 0. The van der Waals surface area contributed by atoms with Gasteiger partial charge in [0.1, 0.15) is 0 Å². The zero-order chi connectivity index (χ0) is 16.4. The molecule has 0 aromatic heterocycles. The summed E-state index contributed by atoms with van der Waals surface area (Å²) in [6, 6.07) is 0.904. The lowest BCUT2D eigenvalue weighted by Crippen LogP contribution is -2.52. The van der Waals surface area contributed by atoms with Crippen LogP contribution >= 0.6 is 0 Å². The Morgan fingerprint density at radius 3 is 1.83 bits per heavy atom. The van der Waals surface area contributed by atoms with Crippen LogP contribution in [-0.2, 0) is 0 Å². The van der Waals surface area contributed by atoms with Crippen molar-refractivity contribution in [2.75, 3.05) is 32.7 Å². The Bertz CT molecular complexity index is 343. The number of hydrogen-bond acceptors (Lipinski definition) is 2. The van der Waals surface area contributed by atoms with Gasteiger partial charge in [-0.3, -0.25) is 4.90 Å². The Balaban J connectivity index is 1.33. The van der Waals surface area contributed by atoms with Gasteiger partial charge in [0.15, 0.2) is 0 Å². The zero-order valence-corrected chi connectivity index (χ0v) is 16.1. The van der Waals surface area contributed by atoms with Gasteiger partial charge in [-0.1, -0.05) is 27.7 Å². The van der Waals surface area contributed by atoms with Gasteiger partial charge in [-0.05, 0) is 68.1 Å². The second kappa shape index (κ2) is 7.87. The molecule has 2 heteroatoms. The van der Waals surface area contributed by atoms with E-state index < -0.39 is 0 Å². The van der Waals surface area contributed by atoms with E-state index in [1.54, 1.807) is 0 Å². The summed E-state index contributed by atoms with van der Waals surface area (Å²) < 4.78 is 0. The van der Waals surface area contributed by atoms with E-state index in [4.69, 9.17) is 0 Å². The molecule has 3 aliphatic rings. The molecule has 1 heterocycles. The topological polar surface area (TPSA) is 6.48 Å². The molecule has 0 aromatic rings. The smallest absolute Gasteiger partial charge is 0.0113 e. The molecular weight excluding hydrogens is 280 g/mol. The van der Waals surface area contributed by atoms with Crippen molar-refractivity contribution in [3.8, 4) is 0 Å². The maximum absolute atomic E-state index is 2.82. The zero-order valence-electron chi connectivity index (χ0n) is 16.1. The largest absolute Gasteiger partial charge is 0.301 e. The lowest BCUT2D eigenvalue weighted by Gasteiger charge is -2.45. The van der Waals surface area contributed by atoms with Gasteiger partial charge >= 0.3 is 0 Å². The van der Waals surface area contributed by atoms with Crippen molar-refractivity contribution in [1.82, 2.24) is 9.80 Å². The molecule has 0 unspecified atom stereocenters. The Morgan fingerprint density at radius 2 is 1.30 bits per heavy atom. The predicted octanol–water partition coefficient (Wildman–Crippen LogP) is 4.50. The molecule has 2 saturated carbocycles. The van der Waals surface area contributed by atoms with Crippen molar-refractivity contribution < 1.29 is 0 Å². The van der Waals surface area contributed by atoms with Gasteiger partial charge in [-0.25, -0.2) is 0 Å². The molecule has 0 bridgehead atoms. The van der Waals surface area contributed by atoms with Crippen molar-refractivity contribution in [1.29, 1.82) is 0 Å². The Hall–Kier alpha value is -0.0800. The monoisotopic (exact) mass is 320 g/mol. The molecule has 3 rings (SSSR count). The minimum absolute atomic E-state index is 0.893. The fourth-order valence-corrected chi connectivity index (χ4v) is 5.29. The number of nitrogens with zero attached hydrogens (tertiary/aromatic N) is 2. The van der Waals surface area contributed by atoms with Gasteiger partial charge in [-0.15, -0.1) is 0 Å². The molecule has 0 spiro atoms. The molecule has 1 saturated heterocycles. The van der Waals surface area contributed by atoms with E-state index in [2.05, 4.69) is 37.5 Å². The van der Waals surface area contributed by atoms with Gasteiger partial charge in [-0.2, -0.15) is 0 Å². The van der Waals surface area contributed by atoms with Crippen molar-refractivity contribution in [2.24, 2.45) is 29.6 Å². The molecule has 0 atom stereocenters. The van der Waals surface area contributed by atoms with Crippen LogP contribution in [0.3, 0.4) is 0 Å². The van der Waals surface area contributed by atoms with E-state index in [9.17, 15) is 0 Å². The van der Waals surface area contributed by atoms with Crippen LogP contribution in [0.2, 0.25) is 0 Å². The summed E-state index contributed by atoms with van der Waals surface area (Å²) in [4.78, 5) is 5.59. The Labute approximate surface area is 145 Å². The van der Waals surface area contributed by atoms with Crippen LogP contribution < -0.4 is 0 Å². The quantitative estimate of drug-likeness (QED) is 0.736. The third-order valence-corrected chi connectivity index (χ3v) is 7.34. The second-order valence-electron chi connectivity index (χ2n) is 9.49. The van der Waals surface area contributed by atoms with Crippen LogP contribution in [0.4, 0.5) is 0 Å². The first kappa shape index (κ1) is 17.7. The fraction of sp³-hybridized carbons (Fsp3) is 1.00. The molecule has 2 aliphatic carbocycles. The highest BCUT2D eigenvalue weighted by molar-refractivity contribution is 4.87. The van der Waals surface area contributed by atoms with Crippen molar-refractivity contribution in [3.05, 3.63) is 0 Å². The summed E-state index contributed by atoms with van der Waals surface area (Å²) in [7, 11) is 0. The second-order valence-corrected chi connectivity index (χ2v) is 9.49. The van der Waals surface area contributed by atoms with Crippen LogP contribution in [0.15, 0.2) is 0 Å². The van der Waals surface area contributed by atoms with Gasteiger partial charge in [0.25, 0.3) is 0 Å². The molecule has 0 radical (unpaired) electrons. The van der Waals surface area contributed by atoms with E-state index in [1.165, 1.54) is 71.2 Å². The summed E-state index contributed by atoms with van der Waals surface area (Å²) in [5, 5.41) is 0. The predicted molar refractivity (Wildman–Crippen MR) is 99.6 cm³/mol. The molecule has 0 aromatic carbocycles. The number of hydrogen-bond donors (Lipinski definition) is 0. The molecule has 3 fully saturated rings. The van der Waals surface area contributed by atoms with Crippen molar-refractivity contribution in [3.63, 3.8) is 0 Å². The fourth-order valence-electron chi connectivity index (χ4n) is 5.29. The van der Waals surface area contributed by atoms with E-state index in [1.807, 2.05) is 0 Å². The van der Waals surface area contributed by atoms with Gasteiger partial charge < -0.3 is 4.90 Å². The van der Waals surface area contributed by atoms with E-state index in [0.717, 1.165) is 35.6 Å². The van der Waals surface area contributed by atoms with Crippen molar-refractivity contribution in [2.45, 2.75) is 72.3 Å². The molecular formula is C21H40N2. The molecule has 0 amide bonds. The highest BCUT2D eigenvalue weighted by Gasteiger charge is 2.34. The van der Waals surface area contributed by atoms with Gasteiger partial charge in [0.2, 0.25) is 0 Å². The summed E-state index contributed by atoms with van der Waals surface area (Å²) >= 11 is 0. The maximum Gasteiger partial charge on any atom is 0.0113 e. The molecule has 2 nitrogen and oxygen atoms in total. The standard InChI is InChI=1S/C21H40N2/c1-16(2)19-5-7-21(8-6-19)23-11-9-22(10-12-23)15-18-13-20(14-18)17(3)4/h16-21H,5-15H2,1-4H3. The van der Waals surface area contributed by atoms with Crippen LogP contribution in [0, 0.1) is 29.6 Å². The SMILES string of the molecule is CC(C)C1CCC(N2CCN(CC3CC(C(C)C)C3)CC2)CC1. The van der Waals surface area contributed by atoms with Crippen LogP contribution in [0.5, 0.6) is 0 Å². The van der Waals surface area contributed by atoms with E-state index in [-0.39, 0.29) is 0 Å². The van der Waals surface area contributed by atoms with Crippen LogP contribution in [0.25, 0.3) is 0 Å². The summed E-state index contributed by atoms with van der Waals surface area (Å²) in [6.07, 6.45) is 8.86. The third kappa shape index (κ3) is 4.51. The van der Waals surface area contributed by atoms with Gasteiger partial charge in [0, 0.05) is 38.8 Å². The van der Waals surface area contributed by atoms with E-state index >= 15 is 0 Å². The minimum atomic E-state index is 0.893. The normalized spacial score (nSPS) is 37.3. The lowest BCUT2D eigenvalue weighted by molar-refractivity contribution is 0.0372. The lowest BCUT2D eigenvalue weighted by atomic mass is 9.69. The Kier molecular flexibility index (Phi) is 6.07. The average molecular weight is 321 g/mol. The number of rotatable bonds is 5. The average Bonchev–Trinajstić information content (AvgIpc) is 2.51. The molecule has 1 aliphatic heterocycles. The molecule has 134 valence electrons. The van der Waals surface area contributed by atoms with Crippen LogP contribution in [0.1, 0.15) is 66.2 Å². The minimum Gasteiger partial charge on any atom is -0.301 e. The summed E-state index contributed by atoms with van der Waals surface area (Å²) in [5.74, 6) is 4.84. The van der Waals surface area contributed by atoms with Gasteiger partial charge in [0.05, 0.1) is 0 Å². The first-order valence-corrected chi connectivity index (χ1v) is 10.5. The van der Waals surface area contributed by atoms with Crippen molar-refractivity contribution >= 4 is 0 Å². The molecule has 0 N–H and O–H groups in total. The third-order valence-electron chi connectivity index (χ3n) is 7.34. The number of piperazine rings is 1. The summed E-state index contributed by atoms with van der Waals surface area (Å²) in [6.45, 7) is 16.3. The maximum atomic E-state index is 2.82. The first-order valence-electron chi connectivity index (χ1n) is 10.5. The first-order chi connectivity index (χ1) is 11.0. The highest BCUT2D eigenvalue weighted by Crippen LogP contribution is 2.39. The molecule has 23 heavy (non-hydrogen) atoms. The Morgan fingerprint density at radius 1 is 0.739 bits per heavy atom. The van der Waals surface area contributed by atoms with E-state index in [0.29, 0.717) is 0 Å².